The molecule has 4 aromatic heterocycles. The number of alkyl halides is 6. The van der Waals surface area contributed by atoms with Crippen molar-refractivity contribution >= 4 is 53.2 Å². The summed E-state index contributed by atoms with van der Waals surface area (Å²) in [7, 11) is -21.5. The molecule has 6 heterocycles. The Balaban J connectivity index is 0.000000293. The summed E-state index contributed by atoms with van der Waals surface area (Å²) >= 11 is 0. The van der Waals surface area contributed by atoms with Crippen LogP contribution in [0.1, 0.15) is 38.7 Å². The summed E-state index contributed by atoms with van der Waals surface area (Å²) in [5.74, 6) is -1.32. The lowest BCUT2D eigenvalue weighted by Crippen LogP contribution is -2.43. The van der Waals surface area contributed by atoms with Gasteiger partial charge in [-0.15, -0.1) is 26.3 Å². The number of hydrogen-bond acceptors (Lipinski definition) is 24. The number of benzene rings is 2. The summed E-state index contributed by atoms with van der Waals surface area (Å²) in [6.45, 7) is -3.23. The van der Waals surface area contributed by atoms with Crippen LogP contribution in [0.5, 0.6) is 11.5 Å². The molecule has 2 saturated heterocycles. The van der Waals surface area contributed by atoms with Gasteiger partial charge in [-0.1, -0.05) is 31.2 Å². The highest BCUT2D eigenvalue weighted by molar-refractivity contribution is 7.61. The van der Waals surface area contributed by atoms with Gasteiger partial charge in [0.15, 0.2) is 23.8 Å². The predicted octanol–water partition coefficient (Wildman–Crippen LogP) is 1.16. The topological polar surface area (TPSA) is 484 Å². The normalized spacial score (nSPS) is 22.8. The van der Waals surface area contributed by atoms with Crippen LogP contribution >= 0.6 is 31.3 Å². The molecule has 456 valence electrons. The molecule has 2 aliphatic heterocycles. The molecule has 10 atom stereocenters. The van der Waals surface area contributed by atoms with Gasteiger partial charge in [0.1, 0.15) is 53.8 Å². The maximum absolute atomic E-state index is 13.1. The van der Waals surface area contributed by atoms with Crippen molar-refractivity contribution in [3.05, 3.63) is 114 Å². The van der Waals surface area contributed by atoms with Crippen LogP contribution in [0, 0.1) is 0 Å². The summed E-state index contributed by atoms with van der Waals surface area (Å²) in [5.41, 5.74) is -4.73. The molecule has 2 aliphatic rings. The van der Waals surface area contributed by atoms with Crippen LogP contribution in [0.15, 0.2) is 89.1 Å². The van der Waals surface area contributed by atoms with Crippen LogP contribution in [0.3, 0.4) is 0 Å². The average molecular weight is 1270 g/mol. The fourth-order valence-electron chi connectivity index (χ4n) is 7.47. The van der Waals surface area contributed by atoms with E-state index in [-0.39, 0.29) is 42.6 Å². The quantitative estimate of drug-likeness (QED) is 0.0426. The minimum absolute atomic E-state index is 0. The highest BCUT2D eigenvalue weighted by atomic mass is 31.3. The second-order valence-corrected chi connectivity index (χ2v) is 21.9. The molecule has 0 saturated carbocycles. The lowest BCUT2D eigenvalue weighted by atomic mass is 10.1. The third kappa shape index (κ3) is 16.5. The third-order valence-corrected chi connectivity index (χ3v) is 15.1. The maximum Gasteiger partial charge on any atom is 0.573 e. The minimum atomic E-state index is -5.44. The molecule has 0 bridgehead atoms. The van der Waals surface area contributed by atoms with E-state index in [1.165, 1.54) is 12.1 Å². The number of para-hydroxylation sites is 1. The molecule has 44 heteroatoms. The number of hydrogen-bond donors (Lipinski definition) is 10. The van der Waals surface area contributed by atoms with Gasteiger partial charge >= 0.3 is 55.4 Å². The summed E-state index contributed by atoms with van der Waals surface area (Å²) in [5, 5.41) is 48.7. The van der Waals surface area contributed by atoms with Gasteiger partial charge in [-0.3, -0.25) is 36.9 Å². The van der Waals surface area contributed by atoms with Crippen molar-refractivity contribution in [1.29, 1.82) is 0 Å². The predicted molar refractivity (Wildman–Crippen MR) is 253 cm³/mol. The summed E-state index contributed by atoms with van der Waals surface area (Å²) in [4.78, 5) is 104. The Bertz CT molecular complexity index is 3710. The number of nitrogens with zero attached hydrogens (tertiary/aromatic N) is 6. The lowest BCUT2D eigenvalue weighted by molar-refractivity contribution is -0.275. The third-order valence-electron chi connectivity index (χ3n) is 10.8. The van der Waals surface area contributed by atoms with Gasteiger partial charge in [0, 0.05) is 36.0 Å². The zero-order valence-electron chi connectivity index (χ0n) is 38.8. The van der Waals surface area contributed by atoms with Crippen LogP contribution < -0.4 is 32.0 Å². The molecular weight excluding hydrogens is 1230 g/mol. The van der Waals surface area contributed by atoms with Gasteiger partial charge in [-0.2, -0.15) is 8.62 Å². The fourth-order valence-corrected chi connectivity index (χ4v) is 10.7. The number of phosphoric ester groups is 2. The lowest BCUT2D eigenvalue weighted by Gasteiger charge is -2.19. The number of phosphoric acid groups is 4. The van der Waals surface area contributed by atoms with E-state index in [4.69, 9.17) is 38.1 Å². The van der Waals surface area contributed by atoms with Crippen molar-refractivity contribution < 1.29 is 140 Å². The molecule has 4 unspecified atom stereocenters. The number of rotatable bonds is 18. The molecule has 2 aromatic carbocycles. The average Bonchev–Trinajstić information content (AvgIpc) is 4.27. The molecule has 82 heavy (non-hydrogen) atoms. The highest BCUT2D eigenvalue weighted by Gasteiger charge is 2.48. The molecular formula is C38H44F6N6O28P4. The smallest absolute Gasteiger partial charge is 0.406 e. The van der Waals surface area contributed by atoms with Crippen LogP contribution in [0.25, 0.3) is 21.9 Å². The van der Waals surface area contributed by atoms with E-state index >= 15 is 0 Å². The molecule has 0 aliphatic carbocycles. The number of aromatic nitrogens is 6. The van der Waals surface area contributed by atoms with Gasteiger partial charge in [0.2, 0.25) is 5.58 Å². The van der Waals surface area contributed by atoms with Crippen molar-refractivity contribution in [2.75, 3.05) is 13.2 Å². The van der Waals surface area contributed by atoms with Crippen molar-refractivity contribution in [1.82, 2.24) is 28.6 Å². The number of aliphatic hydroxyl groups excluding tert-OH is 4. The number of fused-ring (bicyclic) bond motifs is 2. The minimum Gasteiger partial charge on any atom is -0.406 e. The van der Waals surface area contributed by atoms with E-state index in [0.717, 1.165) is 48.8 Å². The van der Waals surface area contributed by atoms with Crippen molar-refractivity contribution in [2.45, 2.75) is 89.7 Å². The van der Waals surface area contributed by atoms with Crippen LogP contribution in [0.2, 0.25) is 0 Å². The van der Waals surface area contributed by atoms with E-state index in [1.807, 2.05) is 0 Å². The molecule has 0 spiro atoms. The van der Waals surface area contributed by atoms with Crippen LogP contribution in [0.4, 0.5) is 26.3 Å². The van der Waals surface area contributed by atoms with Gasteiger partial charge in [0.05, 0.1) is 31.7 Å². The second-order valence-electron chi connectivity index (χ2n) is 16.3. The SMILES string of the molecule is C.C.O=c1ccn([C@@H]2O[C@H](COP(=O)(O)OP(=O)(O)O)[C@H](O)C2O)c(=O)n1Cc1noc2c(OC(F)(F)F)cccc12.O=c1ccn([C@@H]2O[C@H](COP(=O)(O)OP(=O)(O)O)[C@H](O)C2O)c(=O)n1Cc1noc2cc(OC(F)(F)F)ccc12. The first-order chi connectivity index (χ1) is 36.9. The molecule has 0 amide bonds. The first kappa shape index (κ1) is 67.0. The summed E-state index contributed by atoms with van der Waals surface area (Å²) in [6, 6.07) is 8.24. The Kier molecular flexibility index (Phi) is 20.6. The highest BCUT2D eigenvalue weighted by Crippen LogP contribution is 2.59. The van der Waals surface area contributed by atoms with Gasteiger partial charge in [-0.05, 0) is 24.3 Å². The van der Waals surface area contributed by atoms with Crippen molar-refractivity contribution in [2.24, 2.45) is 0 Å². The van der Waals surface area contributed by atoms with Crippen molar-refractivity contribution in [3.63, 3.8) is 0 Å². The first-order valence-corrected chi connectivity index (χ1v) is 27.4. The summed E-state index contributed by atoms with van der Waals surface area (Å²) < 4.78 is 167. The number of aliphatic hydroxyl groups is 4. The Morgan fingerprint density at radius 2 is 1.01 bits per heavy atom. The zero-order valence-corrected chi connectivity index (χ0v) is 42.4. The first-order valence-electron chi connectivity index (χ1n) is 21.3. The summed E-state index contributed by atoms with van der Waals surface area (Å²) in [6.07, 6.45) is -22.3. The van der Waals surface area contributed by atoms with Crippen LogP contribution in [-0.4, -0.2) is 141 Å². The van der Waals surface area contributed by atoms with Crippen molar-refractivity contribution in [3.8, 4) is 11.5 Å². The van der Waals surface area contributed by atoms with Gasteiger partial charge in [-0.25, -0.2) is 27.8 Å². The largest absolute Gasteiger partial charge is 0.573 e. The molecule has 2 fully saturated rings. The zero-order chi connectivity index (χ0) is 59.2. The monoisotopic (exact) mass is 1270 g/mol. The van der Waals surface area contributed by atoms with E-state index in [1.54, 1.807) is 0 Å². The van der Waals surface area contributed by atoms with E-state index in [2.05, 4.69) is 37.5 Å². The molecule has 0 radical (unpaired) electrons. The Hall–Kier alpha value is -5.80. The van der Waals surface area contributed by atoms with Gasteiger partial charge < -0.3 is 77.8 Å². The molecule has 10 N–H and O–H groups in total. The Labute approximate surface area is 449 Å². The molecule has 8 rings (SSSR count). The van der Waals surface area contributed by atoms with Gasteiger partial charge in [0.25, 0.3) is 11.1 Å². The van der Waals surface area contributed by atoms with E-state index in [9.17, 15) is 94.0 Å². The number of ether oxygens (including phenoxy) is 4. The van der Waals surface area contributed by atoms with Crippen LogP contribution in [-0.2, 0) is 58.5 Å². The standard InChI is InChI=1S/2C18H18F3N3O14P2.2CH4/c19-18(20,21)36-8-1-2-9-10(22-37-11(9)5-8)6-24-13(25)3-4-23(17(24)28)16-15(27)14(26)12(35-16)7-34-40(32,33)38-39(29,30)31;19-18(20,21)36-10-3-1-2-8-9(22-37-15(8)10)6-24-12(25)4-5-23(17(24)28)16-14(27)13(26)11(35-16)7-34-40(32,33)38-39(29,30)31;;/h1-5,12,14-16,26-27H,6-7H2,(H,32,33)(H2,29,30,31);1-5,11,13-14,16,26-27H,6-7H2,(H,32,33)(H2,29,30,31);2*1H4/t12-,14+,15?,16-;11-,13+,14?,16-;;/m11../s1. The van der Waals surface area contributed by atoms with E-state index < -0.39 is 159 Å². The Morgan fingerprint density at radius 1 is 0.573 bits per heavy atom. The van der Waals surface area contributed by atoms with E-state index in [0.29, 0.717) is 18.3 Å². The molecule has 34 nitrogen and oxygen atoms in total. The second kappa shape index (κ2) is 25.2. The fraction of sp³-hybridized carbons (Fsp3) is 0.421. The Morgan fingerprint density at radius 3 is 1.45 bits per heavy atom. The maximum atomic E-state index is 13.1. The molecule has 6 aromatic rings. The number of halogens is 6.